The Hall–Kier alpha value is -0.930. The van der Waals surface area contributed by atoms with Crippen LogP contribution in [0, 0.1) is 5.92 Å². The quantitative estimate of drug-likeness (QED) is 0.282. The van der Waals surface area contributed by atoms with Crippen molar-refractivity contribution in [3.05, 3.63) is 0 Å². The summed E-state index contributed by atoms with van der Waals surface area (Å²) in [6.45, 7) is 1.04. The summed E-state index contributed by atoms with van der Waals surface area (Å²) in [4.78, 5) is 2.20. The summed E-state index contributed by atoms with van der Waals surface area (Å²) < 4.78 is 0. The molecule has 0 aromatic rings. The first-order valence-corrected chi connectivity index (χ1v) is 5.63. The van der Waals surface area contributed by atoms with Gasteiger partial charge in [0.2, 0.25) is 5.96 Å². The number of nitrogens with zero attached hydrogens (tertiary/aromatic N) is 2. The van der Waals surface area contributed by atoms with Crippen molar-refractivity contribution in [3.63, 3.8) is 0 Å². The third kappa shape index (κ3) is 1.65. The molecule has 1 aliphatic heterocycles. The van der Waals surface area contributed by atoms with Gasteiger partial charge in [-0.3, -0.25) is 0 Å². The summed E-state index contributed by atoms with van der Waals surface area (Å²) >= 11 is 0. The highest BCUT2D eigenvalue weighted by molar-refractivity contribution is 5.78. The van der Waals surface area contributed by atoms with E-state index in [4.69, 9.17) is 11.6 Å². The van der Waals surface area contributed by atoms with Gasteiger partial charge >= 0.3 is 0 Å². The normalized spacial score (nSPS) is 30.1. The molecule has 0 radical (unpaired) electrons. The predicted octanol–water partition coefficient (Wildman–Crippen LogP) is 0.829. The standard InChI is InChI=1S/C10H20N4/c11-10(13-12)14-7-3-6-9(14)8-4-1-2-5-8/h8-9H,1-7,12H2,(H2,11,13). The zero-order chi connectivity index (χ0) is 9.97. The molecule has 1 atom stereocenters. The van der Waals surface area contributed by atoms with Crippen LogP contribution in [0.15, 0.2) is 5.10 Å². The predicted molar refractivity (Wildman–Crippen MR) is 57.5 cm³/mol. The second-order valence-electron chi connectivity index (χ2n) is 4.43. The molecule has 1 aliphatic carbocycles. The molecule has 0 amide bonds. The average Bonchev–Trinajstić information content (AvgIpc) is 2.85. The van der Waals surface area contributed by atoms with Gasteiger partial charge in [-0.05, 0) is 31.6 Å². The minimum atomic E-state index is 0.527. The third-order valence-corrected chi connectivity index (χ3v) is 3.67. The molecule has 14 heavy (non-hydrogen) atoms. The Labute approximate surface area is 85.3 Å². The van der Waals surface area contributed by atoms with Gasteiger partial charge in [0.25, 0.3) is 0 Å². The molecule has 0 bridgehead atoms. The molecular formula is C10H20N4. The number of guanidine groups is 1. The van der Waals surface area contributed by atoms with Gasteiger partial charge in [0, 0.05) is 12.6 Å². The van der Waals surface area contributed by atoms with E-state index in [1.807, 2.05) is 0 Å². The summed E-state index contributed by atoms with van der Waals surface area (Å²) in [7, 11) is 0. The molecule has 2 fully saturated rings. The van der Waals surface area contributed by atoms with Crippen LogP contribution in [0.2, 0.25) is 0 Å². The molecule has 0 aromatic heterocycles. The molecular weight excluding hydrogens is 176 g/mol. The van der Waals surface area contributed by atoms with Crippen molar-refractivity contribution in [1.82, 2.24) is 4.90 Å². The van der Waals surface area contributed by atoms with Gasteiger partial charge in [-0.25, -0.2) is 0 Å². The number of hydrazone groups is 1. The van der Waals surface area contributed by atoms with E-state index in [0.29, 0.717) is 12.0 Å². The molecule has 1 heterocycles. The maximum Gasteiger partial charge on any atom is 0.213 e. The number of nitrogens with two attached hydrogens (primary N) is 2. The molecule has 2 rings (SSSR count). The molecule has 1 saturated heterocycles. The molecule has 4 heteroatoms. The second-order valence-corrected chi connectivity index (χ2v) is 4.43. The van der Waals surface area contributed by atoms with Gasteiger partial charge in [-0.15, -0.1) is 5.10 Å². The van der Waals surface area contributed by atoms with E-state index >= 15 is 0 Å². The Balaban J connectivity index is 2.02. The molecule has 80 valence electrons. The summed E-state index contributed by atoms with van der Waals surface area (Å²) in [5.74, 6) is 6.59. The van der Waals surface area contributed by atoms with Gasteiger partial charge in [0.1, 0.15) is 0 Å². The Morgan fingerprint density at radius 2 is 1.86 bits per heavy atom. The van der Waals surface area contributed by atoms with Crippen molar-refractivity contribution in [2.24, 2.45) is 22.6 Å². The molecule has 0 aromatic carbocycles. The largest absolute Gasteiger partial charge is 0.368 e. The lowest BCUT2D eigenvalue weighted by molar-refractivity contribution is 0.278. The second kappa shape index (κ2) is 4.07. The van der Waals surface area contributed by atoms with E-state index in [2.05, 4.69) is 10.0 Å². The molecule has 1 unspecified atom stereocenters. The van der Waals surface area contributed by atoms with Crippen LogP contribution in [0.3, 0.4) is 0 Å². The van der Waals surface area contributed by atoms with Crippen molar-refractivity contribution in [2.75, 3.05) is 6.54 Å². The monoisotopic (exact) mass is 196 g/mol. The minimum absolute atomic E-state index is 0.527. The van der Waals surface area contributed by atoms with Crippen LogP contribution in [-0.4, -0.2) is 23.4 Å². The highest BCUT2D eigenvalue weighted by Gasteiger charge is 2.34. The van der Waals surface area contributed by atoms with Crippen LogP contribution in [0.5, 0.6) is 0 Å². The van der Waals surface area contributed by atoms with Crippen molar-refractivity contribution in [3.8, 4) is 0 Å². The lowest BCUT2D eigenvalue weighted by Gasteiger charge is -2.29. The van der Waals surface area contributed by atoms with Crippen molar-refractivity contribution in [2.45, 2.75) is 44.6 Å². The number of hydrogen-bond donors (Lipinski definition) is 2. The maximum atomic E-state index is 5.79. The number of likely N-dealkylation sites (tertiary alicyclic amines) is 1. The lowest BCUT2D eigenvalue weighted by Crippen LogP contribution is -2.44. The molecule has 1 saturated carbocycles. The van der Waals surface area contributed by atoms with Crippen molar-refractivity contribution >= 4 is 5.96 Å². The summed E-state index contributed by atoms with van der Waals surface area (Å²) in [5, 5.41) is 3.61. The summed E-state index contributed by atoms with van der Waals surface area (Å²) in [6.07, 6.45) is 7.99. The number of hydrogen-bond acceptors (Lipinski definition) is 2. The highest BCUT2D eigenvalue weighted by atomic mass is 15.3. The summed E-state index contributed by atoms with van der Waals surface area (Å²) in [6, 6.07) is 0.616. The van der Waals surface area contributed by atoms with E-state index in [1.54, 1.807) is 0 Å². The first-order chi connectivity index (χ1) is 6.83. The Morgan fingerprint density at radius 3 is 2.50 bits per heavy atom. The van der Waals surface area contributed by atoms with Crippen LogP contribution >= 0.6 is 0 Å². The zero-order valence-corrected chi connectivity index (χ0v) is 8.65. The Kier molecular flexibility index (Phi) is 2.79. The Bertz CT molecular complexity index is 220. The van der Waals surface area contributed by atoms with E-state index in [1.165, 1.54) is 38.5 Å². The van der Waals surface area contributed by atoms with Gasteiger partial charge in [-0.1, -0.05) is 12.8 Å². The topological polar surface area (TPSA) is 67.6 Å². The third-order valence-electron chi connectivity index (χ3n) is 3.67. The smallest absolute Gasteiger partial charge is 0.213 e. The van der Waals surface area contributed by atoms with Gasteiger partial charge in [-0.2, -0.15) is 0 Å². The van der Waals surface area contributed by atoms with Gasteiger partial charge in [0.15, 0.2) is 0 Å². The molecule has 2 aliphatic rings. The fourth-order valence-electron chi connectivity index (χ4n) is 2.98. The SMILES string of the molecule is NN=C(N)N1CCCC1C1CCCC1. The van der Waals surface area contributed by atoms with Crippen LogP contribution in [0.1, 0.15) is 38.5 Å². The first-order valence-electron chi connectivity index (χ1n) is 5.63. The number of rotatable bonds is 1. The Morgan fingerprint density at radius 1 is 1.14 bits per heavy atom. The first kappa shape index (κ1) is 9.62. The molecule has 4 nitrogen and oxygen atoms in total. The molecule has 0 spiro atoms. The van der Waals surface area contributed by atoms with Crippen LogP contribution < -0.4 is 11.6 Å². The summed E-state index contributed by atoms with van der Waals surface area (Å²) in [5.41, 5.74) is 5.79. The highest BCUT2D eigenvalue weighted by Crippen LogP contribution is 2.35. The fraction of sp³-hybridized carbons (Fsp3) is 0.900. The van der Waals surface area contributed by atoms with Crippen molar-refractivity contribution < 1.29 is 0 Å². The van der Waals surface area contributed by atoms with Crippen molar-refractivity contribution in [1.29, 1.82) is 0 Å². The molecule has 4 N–H and O–H groups in total. The van der Waals surface area contributed by atoms with E-state index in [-0.39, 0.29) is 0 Å². The van der Waals surface area contributed by atoms with Crippen LogP contribution in [-0.2, 0) is 0 Å². The maximum absolute atomic E-state index is 5.79. The van der Waals surface area contributed by atoms with Gasteiger partial charge < -0.3 is 16.5 Å². The lowest BCUT2D eigenvalue weighted by atomic mass is 9.96. The minimum Gasteiger partial charge on any atom is -0.368 e. The van der Waals surface area contributed by atoms with E-state index < -0.39 is 0 Å². The van der Waals surface area contributed by atoms with E-state index in [0.717, 1.165) is 12.5 Å². The van der Waals surface area contributed by atoms with Crippen LogP contribution in [0.25, 0.3) is 0 Å². The van der Waals surface area contributed by atoms with Gasteiger partial charge in [0.05, 0.1) is 0 Å². The fourth-order valence-corrected chi connectivity index (χ4v) is 2.98. The van der Waals surface area contributed by atoms with Crippen LogP contribution in [0.4, 0.5) is 0 Å². The van der Waals surface area contributed by atoms with E-state index in [9.17, 15) is 0 Å². The zero-order valence-electron chi connectivity index (χ0n) is 8.65. The average molecular weight is 196 g/mol.